The molecule has 0 saturated heterocycles. The second kappa shape index (κ2) is 4.80. The van der Waals surface area contributed by atoms with Gasteiger partial charge in [0.1, 0.15) is 0 Å². The Hall–Kier alpha value is -2.14. The van der Waals surface area contributed by atoms with Gasteiger partial charge in [-0.1, -0.05) is 12.1 Å². The van der Waals surface area contributed by atoms with E-state index >= 15 is 0 Å². The number of aryl methyl sites for hydroxylation is 1. The fourth-order valence-corrected chi connectivity index (χ4v) is 1.50. The van der Waals surface area contributed by atoms with Gasteiger partial charge in [-0.15, -0.1) is 0 Å². The summed E-state index contributed by atoms with van der Waals surface area (Å²) in [5.74, 6) is -0.170. The predicted octanol–water partition coefficient (Wildman–Crippen LogP) is 1.43. The number of aromatic amines is 1. The summed E-state index contributed by atoms with van der Waals surface area (Å²) in [5, 5.41) is 9.33. The summed E-state index contributed by atoms with van der Waals surface area (Å²) < 4.78 is 0. The highest BCUT2D eigenvalue weighted by molar-refractivity contribution is 6.04. The third kappa shape index (κ3) is 2.51. The molecule has 0 aliphatic carbocycles. The van der Waals surface area contributed by atoms with E-state index in [-0.39, 0.29) is 5.91 Å². The summed E-state index contributed by atoms with van der Waals surface area (Å²) in [6, 6.07) is 7.43. The van der Waals surface area contributed by atoms with Gasteiger partial charge in [-0.05, 0) is 24.6 Å². The molecular formula is C12H14N4O. The van der Waals surface area contributed by atoms with E-state index < -0.39 is 0 Å². The summed E-state index contributed by atoms with van der Waals surface area (Å²) in [7, 11) is 0. The first-order valence-corrected chi connectivity index (χ1v) is 5.31. The van der Waals surface area contributed by atoms with E-state index in [4.69, 9.17) is 5.73 Å². The molecule has 88 valence electrons. The van der Waals surface area contributed by atoms with Gasteiger partial charge in [-0.2, -0.15) is 5.10 Å². The molecule has 2 aromatic rings. The standard InChI is InChI=1S/C12H14N4O/c1-8-11(7-14-16-8)12(17)15-10-4-2-9(6-13)3-5-10/h2-5,7H,6,13H2,1H3,(H,14,16)(H,15,17). The average molecular weight is 230 g/mol. The van der Waals surface area contributed by atoms with E-state index in [0.717, 1.165) is 16.9 Å². The van der Waals surface area contributed by atoms with Crippen molar-refractivity contribution < 1.29 is 4.79 Å². The third-order valence-corrected chi connectivity index (χ3v) is 2.52. The van der Waals surface area contributed by atoms with Crippen LogP contribution in [0.4, 0.5) is 5.69 Å². The van der Waals surface area contributed by atoms with E-state index in [1.54, 1.807) is 6.92 Å². The van der Waals surface area contributed by atoms with Gasteiger partial charge in [0, 0.05) is 17.9 Å². The van der Waals surface area contributed by atoms with Crippen molar-refractivity contribution in [1.29, 1.82) is 0 Å². The lowest BCUT2D eigenvalue weighted by Crippen LogP contribution is -2.12. The minimum absolute atomic E-state index is 0.170. The van der Waals surface area contributed by atoms with Gasteiger partial charge in [0.25, 0.3) is 5.91 Å². The Morgan fingerprint density at radius 3 is 2.65 bits per heavy atom. The van der Waals surface area contributed by atoms with Crippen LogP contribution in [-0.2, 0) is 6.54 Å². The van der Waals surface area contributed by atoms with Crippen LogP contribution in [0.15, 0.2) is 30.5 Å². The molecule has 1 heterocycles. The van der Waals surface area contributed by atoms with Crippen LogP contribution >= 0.6 is 0 Å². The van der Waals surface area contributed by atoms with Gasteiger partial charge in [0.15, 0.2) is 0 Å². The Morgan fingerprint density at radius 2 is 2.12 bits per heavy atom. The average Bonchev–Trinajstić information content (AvgIpc) is 2.76. The number of anilines is 1. The first kappa shape index (κ1) is 11.3. The number of carbonyl (C=O) groups is 1. The molecule has 1 aromatic carbocycles. The lowest BCUT2D eigenvalue weighted by Gasteiger charge is -2.05. The number of nitrogens with zero attached hydrogens (tertiary/aromatic N) is 1. The van der Waals surface area contributed by atoms with Crippen molar-refractivity contribution >= 4 is 11.6 Å². The SMILES string of the molecule is Cc1[nH]ncc1C(=O)Nc1ccc(CN)cc1. The molecule has 0 spiro atoms. The van der Waals surface area contributed by atoms with Gasteiger partial charge in [-0.25, -0.2) is 0 Å². The van der Waals surface area contributed by atoms with Gasteiger partial charge in [0.2, 0.25) is 0 Å². The number of nitrogens with two attached hydrogens (primary N) is 1. The van der Waals surface area contributed by atoms with Crippen LogP contribution in [0.25, 0.3) is 0 Å². The normalized spacial score (nSPS) is 10.2. The van der Waals surface area contributed by atoms with E-state index in [1.165, 1.54) is 6.20 Å². The fourth-order valence-electron chi connectivity index (χ4n) is 1.50. The van der Waals surface area contributed by atoms with Crippen molar-refractivity contribution in [3.05, 3.63) is 47.3 Å². The third-order valence-electron chi connectivity index (χ3n) is 2.52. The zero-order chi connectivity index (χ0) is 12.3. The Morgan fingerprint density at radius 1 is 1.41 bits per heavy atom. The van der Waals surface area contributed by atoms with E-state index in [9.17, 15) is 4.79 Å². The van der Waals surface area contributed by atoms with Crippen LogP contribution in [0.3, 0.4) is 0 Å². The zero-order valence-corrected chi connectivity index (χ0v) is 9.53. The van der Waals surface area contributed by atoms with Crippen molar-refractivity contribution in [2.75, 3.05) is 5.32 Å². The second-order valence-corrected chi connectivity index (χ2v) is 3.76. The molecule has 5 nitrogen and oxygen atoms in total. The highest BCUT2D eigenvalue weighted by Crippen LogP contribution is 2.11. The molecule has 2 rings (SSSR count). The molecule has 5 heteroatoms. The summed E-state index contributed by atoms with van der Waals surface area (Å²) >= 11 is 0. The van der Waals surface area contributed by atoms with Gasteiger partial charge >= 0.3 is 0 Å². The van der Waals surface area contributed by atoms with Gasteiger partial charge in [-0.3, -0.25) is 9.89 Å². The first-order valence-electron chi connectivity index (χ1n) is 5.31. The fraction of sp³-hybridized carbons (Fsp3) is 0.167. The Labute approximate surface area is 99.0 Å². The molecule has 0 aliphatic heterocycles. The van der Waals surface area contributed by atoms with Crippen LogP contribution in [0, 0.1) is 6.92 Å². The smallest absolute Gasteiger partial charge is 0.259 e. The first-order chi connectivity index (χ1) is 8.20. The molecule has 4 N–H and O–H groups in total. The second-order valence-electron chi connectivity index (χ2n) is 3.76. The number of nitrogens with one attached hydrogen (secondary N) is 2. The lowest BCUT2D eigenvalue weighted by molar-refractivity contribution is 0.102. The molecule has 0 atom stereocenters. The number of aromatic nitrogens is 2. The number of carbonyl (C=O) groups excluding carboxylic acids is 1. The molecule has 0 fully saturated rings. The van der Waals surface area contributed by atoms with Crippen LogP contribution in [0.1, 0.15) is 21.6 Å². The molecule has 0 bridgehead atoms. The monoisotopic (exact) mass is 230 g/mol. The molecule has 1 aromatic heterocycles. The van der Waals surface area contributed by atoms with E-state index in [1.807, 2.05) is 24.3 Å². The summed E-state index contributed by atoms with van der Waals surface area (Å²) in [6.45, 7) is 2.30. The van der Waals surface area contributed by atoms with Crippen molar-refractivity contribution in [1.82, 2.24) is 10.2 Å². The van der Waals surface area contributed by atoms with E-state index in [2.05, 4.69) is 15.5 Å². The predicted molar refractivity (Wildman–Crippen MR) is 65.6 cm³/mol. The van der Waals surface area contributed by atoms with Crippen molar-refractivity contribution in [3.63, 3.8) is 0 Å². The maximum Gasteiger partial charge on any atom is 0.259 e. The minimum Gasteiger partial charge on any atom is -0.326 e. The summed E-state index contributed by atoms with van der Waals surface area (Å²) in [4.78, 5) is 11.9. The van der Waals surface area contributed by atoms with Crippen LogP contribution in [-0.4, -0.2) is 16.1 Å². The minimum atomic E-state index is -0.170. The summed E-state index contributed by atoms with van der Waals surface area (Å²) in [5.41, 5.74) is 8.57. The number of hydrogen-bond acceptors (Lipinski definition) is 3. The number of hydrogen-bond donors (Lipinski definition) is 3. The highest BCUT2D eigenvalue weighted by Gasteiger charge is 2.10. The maximum absolute atomic E-state index is 11.9. The van der Waals surface area contributed by atoms with E-state index in [0.29, 0.717) is 12.1 Å². The Balaban J connectivity index is 2.10. The molecule has 0 radical (unpaired) electrons. The largest absolute Gasteiger partial charge is 0.326 e. The van der Waals surface area contributed by atoms with Gasteiger partial charge in [0.05, 0.1) is 11.8 Å². The topological polar surface area (TPSA) is 83.8 Å². The van der Waals surface area contributed by atoms with Gasteiger partial charge < -0.3 is 11.1 Å². The molecule has 0 saturated carbocycles. The molecule has 0 aliphatic rings. The molecule has 17 heavy (non-hydrogen) atoms. The van der Waals surface area contributed by atoms with Crippen LogP contribution < -0.4 is 11.1 Å². The number of H-pyrrole nitrogens is 1. The Bertz CT molecular complexity index is 516. The van der Waals surface area contributed by atoms with Crippen LogP contribution in [0.2, 0.25) is 0 Å². The van der Waals surface area contributed by atoms with Crippen molar-refractivity contribution in [3.8, 4) is 0 Å². The molecule has 0 unspecified atom stereocenters. The van der Waals surface area contributed by atoms with Crippen molar-refractivity contribution in [2.45, 2.75) is 13.5 Å². The Kier molecular flexibility index (Phi) is 3.20. The van der Waals surface area contributed by atoms with Crippen LogP contribution in [0.5, 0.6) is 0 Å². The molecule has 1 amide bonds. The summed E-state index contributed by atoms with van der Waals surface area (Å²) in [6.07, 6.45) is 1.51. The highest BCUT2D eigenvalue weighted by atomic mass is 16.1. The maximum atomic E-state index is 11.9. The number of amides is 1. The number of rotatable bonds is 3. The molecular weight excluding hydrogens is 216 g/mol. The zero-order valence-electron chi connectivity index (χ0n) is 9.53. The number of benzene rings is 1. The lowest BCUT2D eigenvalue weighted by atomic mass is 10.2. The van der Waals surface area contributed by atoms with Crippen molar-refractivity contribution in [2.24, 2.45) is 5.73 Å². The quantitative estimate of drug-likeness (QED) is 0.745.